The lowest BCUT2D eigenvalue weighted by Gasteiger charge is -2.12. The normalized spacial score (nSPS) is 12.5. The van der Waals surface area contributed by atoms with Gasteiger partial charge in [0.05, 0.1) is 5.75 Å². The molecule has 0 saturated heterocycles. The lowest BCUT2D eigenvalue weighted by atomic mass is 10.1. The molecule has 0 radical (unpaired) electrons. The molecule has 0 spiro atoms. The molecule has 1 aromatic carbocycles. The molecule has 0 amide bonds. The molecule has 1 rings (SSSR count). The van der Waals surface area contributed by atoms with Gasteiger partial charge in [0, 0.05) is 0 Å². The summed E-state index contributed by atoms with van der Waals surface area (Å²) in [6.07, 6.45) is -4.94. The van der Waals surface area contributed by atoms with Crippen molar-refractivity contribution in [2.75, 3.05) is 5.75 Å². The molecule has 0 bridgehead atoms. The highest BCUT2D eigenvalue weighted by molar-refractivity contribution is 7.89. The molecule has 0 heterocycles. The number of hydrogen-bond donors (Lipinski definition) is 1. The third-order valence-electron chi connectivity index (χ3n) is 1.85. The van der Waals surface area contributed by atoms with E-state index in [1.807, 2.05) is 0 Å². The topological polar surface area (TPSA) is 69.4 Å². The van der Waals surface area contributed by atoms with E-state index in [4.69, 9.17) is 5.14 Å². The van der Waals surface area contributed by atoms with Crippen LogP contribution in [0, 0.1) is 0 Å². The summed E-state index contributed by atoms with van der Waals surface area (Å²) in [7, 11) is -3.72. The van der Waals surface area contributed by atoms with E-state index in [1.165, 1.54) is 18.2 Å². The van der Waals surface area contributed by atoms with Crippen molar-refractivity contribution >= 4 is 10.0 Å². The van der Waals surface area contributed by atoms with Crippen LogP contribution in [0.2, 0.25) is 0 Å². The van der Waals surface area contributed by atoms with Crippen molar-refractivity contribution < 1.29 is 26.3 Å². The van der Waals surface area contributed by atoms with E-state index >= 15 is 0 Å². The van der Waals surface area contributed by atoms with Crippen LogP contribution in [-0.4, -0.2) is 20.5 Å². The molecule has 4 nitrogen and oxygen atoms in total. The minimum absolute atomic E-state index is 0.134. The SMILES string of the molecule is NS(=O)(=O)CCc1ccccc1OC(F)(F)F. The molecule has 0 aliphatic rings. The van der Waals surface area contributed by atoms with E-state index in [1.54, 1.807) is 0 Å². The molecule has 0 unspecified atom stereocenters. The molecular weight excluding hydrogens is 259 g/mol. The smallest absolute Gasteiger partial charge is 0.406 e. The van der Waals surface area contributed by atoms with E-state index in [0.717, 1.165) is 6.07 Å². The zero-order chi connectivity index (χ0) is 13.1. The summed E-state index contributed by atoms with van der Waals surface area (Å²) in [6, 6.07) is 5.32. The van der Waals surface area contributed by atoms with Crippen LogP contribution < -0.4 is 9.88 Å². The number of rotatable bonds is 4. The summed E-state index contributed by atoms with van der Waals surface area (Å²) in [6.45, 7) is 0. The van der Waals surface area contributed by atoms with E-state index in [-0.39, 0.29) is 12.0 Å². The van der Waals surface area contributed by atoms with Gasteiger partial charge in [-0.25, -0.2) is 13.6 Å². The summed E-state index contributed by atoms with van der Waals surface area (Å²) in [5.41, 5.74) is 0.138. The molecule has 0 saturated carbocycles. The van der Waals surface area contributed by atoms with Gasteiger partial charge in [0.1, 0.15) is 5.75 Å². The molecule has 0 aliphatic carbocycles. The number of primary sulfonamides is 1. The molecule has 96 valence electrons. The second-order valence-electron chi connectivity index (χ2n) is 3.27. The Balaban J connectivity index is 2.85. The van der Waals surface area contributed by atoms with E-state index in [9.17, 15) is 21.6 Å². The third-order valence-corrected chi connectivity index (χ3v) is 2.63. The maximum Gasteiger partial charge on any atom is 0.573 e. The van der Waals surface area contributed by atoms with E-state index < -0.39 is 27.9 Å². The number of para-hydroxylation sites is 1. The fourth-order valence-corrected chi connectivity index (χ4v) is 1.69. The van der Waals surface area contributed by atoms with Gasteiger partial charge in [0.15, 0.2) is 0 Å². The lowest BCUT2D eigenvalue weighted by Crippen LogP contribution is -2.20. The van der Waals surface area contributed by atoms with E-state index in [0.29, 0.717) is 0 Å². The number of sulfonamides is 1. The zero-order valence-electron chi connectivity index (χ0n) is 8.57. The Morgan fingerprint density at radius 3 is 2.35 bits per heavy atom. The Labute approximate surface area is 96.2 Å². The van der Waals surface area contributed by atoms with Gasteiger partial charge in [-0.2, -0.15) is 0 Å². The zero-order valence-corrected chi connectivity index (χ0v) is 9.38. The fourth-order valence-electron chi connectivity index (χ4n) is 1.19. The molecule has 8 heteroatoms. The van der Waals surface area contributed by atoms with Gasteiger partial charge in [-0.15, -0.1) is 13.2 Å². The Hall–Kier alpha value is -1.28. The van der Waals surface area contributed by atoms with Gasteiger partial charge < -0.3 is 4.74 Å². The van der Waals surface area contributed by atoms with Crippen LogP contribution in [0.4, 0.5) is 13.2 Å². The summed E-state index contributed by atoms with van der Waals surface area (Å²) < 4.78 is 61.3. The largest absolute Gasteiger partial charge is 0.573 e. The molecule has 0 aliphatic heterocycles. The predicted octanol–water partition coefficient (Wildman–Crippen LogP) is 1.42. The first-order chi connectivity index (χ1) is 7.67. The number of nitrogens with two attached hydrogens (primary N) is 1. The first-order valence-electron chi connectivity index (χ1n) is 4.51. The number of alkyl halides is 3. The van der Waals surface area contributed by atoms with Crippen LogP contribution in [0.1, 0.15) is 5.56 Å². The maximum absolute atomic E-state index is 12.0. The molecule has 0 atom stereocenters. The number of hydrogen-bond acceptors (Lipinski definition) is 3. The molecule has 1 aromatic rings. The van der Waals surface area contributed by atoms with Crippen LogP contribution >= 0.6 is 0 Å². The molecule has 17 heavy (non-hydrogen) atoms. The molecule has 2 N–H and O–H groups in total. The standard InChI is InChI=1S/C9H10F3NO3S/c10-9(11,12)16-8-4-2-1-3-7(8)5-6-17(13,14)15/h1-4H,5-6H2,(H2,13,14,15). The second kappa shape index (κ2) is 4.92. The van der Waals surface area contributed by atoms with Crippen molar-refractivity contribution in [2.45, 2.75) is 12.8 Å². The van der Waals surface area contributed by atoms with Gasteiger partial charge in [-0.05, 0) is 18.1 Å². The van der Waals surface area contributed by atoms with Crippen molar-refractivity contribution in [3.05, 3.63) is 29.8 Å². The predicted molar refractivity (Wildman–Crippen MR) is 54.8 cm³/mol. The molecule has 0 fully saturated rings. The van der Waals surface area contributed by atoms with Crippen LogP contribution in [-0.2, 0) is 16.4 Å². The molecular formula is C9H10F3NO3S. The summed E-state index contributed by atoms with van der Waals surface area (Å²) >= 11 is 0. The van der Waals surface area contributed by atoms with Gasteiger partial charge in [0.2, 0.25) is 10.0 Å². The van der Waals surface area contributed by atoms with Crippen molar-refractivity contribution in [1.82, 2.24) is 0 Å². The van der Waals surface area contributed by atoms with Gasteiger partial charge in [0.25, 0.3) is 0 Å². The Kier molecular flexibility index (Phi) is 3.99. The Morgan fingerprint density at radius 2 is 1.82 bits per heavy atom. The average molecular weight is 269 g/mol. The number of aryl methyl sites for hydroxylation is 1. The molecule has 0 aromatic heterocycles. The number of halogens is 3. The summed E-state index contributed by atoms with van der Waals surface area (Å²) in [4.78, 5) is 0. The fraction of sp³-hybridized carbons (Fsp3) is 0.333. The number of benzene rings is 1. The van der Waals surface area contributed by atoms with Crippen molar-refractivity contribution in [1.29, 1.82) is 0 Å². The highest BCUT2D eigenvalue weighted by atomic mass is 32.2. The minimum atomic E-state index is -4.81. The Morgan fingerprint density at radius 1 is 1.24 bits per heavy atom. The summed E-state index contributed by atoms with van der Waals surface area (Å²) in [5, 5.41) is 4.77. The minimum Gasteiger partial charge on any atom is -0.406 e. The maximum atomic E-state index is 12.0. The summed E-state index contributed by atoms with van der Waals surface area (Å²) in [5.74, 6) is -0.853. The average Bonchev–Trinajstić information content (AvgIpc) is 2.12. The van der Waals surface area contributed by atoms with Crippen LogP contribution in [0.15, 0.2) is 24.3 Å². The van der Waals surface area contributed by atoms with Crippen molar-refractivity contribution in [2.24, 2.45) is 5.14 Å². The number of ether oxygens (including phenoxy) is 1. The highest BCUT2D eigenvalue weighted by Gasteiger charge is 2.31. The monoisotopic (exact) mass is 269 g/mol. The van der Waals surface area contributed by atoms with Crippen molar-refractivity contribution in [3.63, 3.8) is 0 Å². The van der Waals surface area contributed by atoms with Crippen LogP contribution in [0.5, 0.6) is 5.75 Å². The van der Waals surface area contributed by atoms with Gasteiger partial charge in [-0.1, -0.05) is 18.2 Å². The first-order valence-corrected chi connectivity index (χ1v) is 6.23. The van der Waals surface area contributed by atoms with Gasteiger partial charge in [-0.3, -0.25) is 0 Å². The van der Waals surface area contributed by atoms with Crippen LogP contribution in [0.3, 0.4) is 0 Å². The van der Waals surface area contributed by atoms with Gasteiger partial charge >= 0.3 is 6.36 Å². The van der Waals surface area contributed by atoms with Crippen molar-refractivity contribution in [3.8, 4) is 5.75 Å². The quantitative estimate of drug-likeness (QED) is 0.898. The second-order valence-corrected chi connectivity index (χ2v) is 5.01. The highest BCUT2D eigenvalue weighted by Crippen LogP contribution is 2.26. The van der Waals surface area contributed by atoms with E-state index in [2.05, 4.69) is 4.74 Å². The first kappa shape index (κ1) is 13.8. The Bertz CT molecular complexity index is 485. The lowest BCUT2D eigenvalue weighted by molar-refractivity contribution is -0.274. The third kappa shape index (κ3) is 5.55. The van der Waals surface area contributed by atoms with Crippen LogP contribution in [0.25, 0.3) is 0 Å².